The normalized spacial score (nSPS) is 10.9. The van der Waals surface area contributed by atoms with Crippen LogP contribution in [0.5, 0.6) is 0 Å². The summed E-state index contributed by atoms with van der Waals surface area (Å²) >= 11 is 0. The van der Waals surface area contributed by atoms with Gasteiger partial charge in [0.2, 0.25) is 0 Å². The Morgan fingerprint density at radius 2 is 2.14 bits per heavy atom. The molecule has 0 amide bonds. The van der Waals surface area contributed by atoms with Crippen LogP contribution in [0.1, 0.15) is 10.5 Å². The third kappa shape index (κ3) is 2.99. The molecule has 0 radical (unpaired) electrons. The molecule has 0 aliphatic carbocycles. The number of hydrogen-bond donors (Lipinski definition) is 3. The van der Waals surface area contributed by atoms with E-state index in [0.717, 1.165) is 12.3 Å². The van der Waals surface area contributed by atoms with E-state index >= 15 is 0 Å². The van der Waals surface area contributed by atoms with Crippen LogP contribution in [0.25, 0.3) is 0 Å². The van der Waals surface area contributed by atoms with Crippen LogP contribution in [-0.4, -0.2) is 24.5 Å². The molecule has 0 bridgehead atoms. The Kier molecular flexibility index (Phi) is 2.68. The average Bonchev–Trinajstić information content (AvgIpc) is 2.02. The van der Waals surface area contributed by atoms with Gasteiger partial charge in [0.25, 0.3) is 10.2 Å². The Morgan fingerprint density at radius 3 is 2.50 bits per heavy atom. The standard InChI is InChI=1S/C6H7N3O4S/c7-14(12,13)9-4-1-2-5(6(10)11)8-3-4/h1-3,9H,(H,10,11)(H2,7,12,13). The van der Waals surface area contributed by atoms with E-state index in [1.54, 1.807) is 0 Å². The molecular weight excluding hydrogens is 210 g/mol. The van der Waals surface area contributed by atoms with Gasteiger partial charge in [-0.3, -0.25) is 4.72 Å². The number of carboxylic acids is 1. The molecule has 0 unspecified atom stereocenters. The lowest BCUT2D eigenvalue weighted by atomic mass is 10.3. The van der Waals surface area contributed by atoms with E-state index in [-0.39, 0.29) is 11.4 Å². The second-order valence-corrected chi connectivity index (χ2v) is 3.68. The molecule has 0 fully saturated rings. The van der Waals surface area contributed by atoms with Gasteiger partial charge in [-0.1, -0.05) is 0 Å². The highest BCUT2D eigenvalue weighted by atomic mass is 32.2. The Bertz CT molecular complexity index is 439. The van der Waals surface area contributed by atoms with Gasteiger partial charge < -0.3 is 5.11 Å². The summed E-state index contributed by atoms with van der Waals surface area (Å²) in [4.78, 5) is 13.9. The van der Waals surface area contributed by atoms with Gasteiger partial charge in [-0.2, -0.15) is 8.42 Å². The summed E-state index contributed by atoms with van der Waals surface area (Å²) < 4.78 is 23.0. The van der Waals surface area contributed by atoms with E-state index in [0.29, 0.717) is 0 Å². The fourth-order valence-electron chi connectivity index (χ4n) is 0.745. The topological polar surface area (TPSA) is 122 Å². The van der Waals surface area contributed by atoms with Crippen LogP contribution in [0.2, 0.25) is 0 Å². The number of carboxylic acid groups (broad SMARTS) is 1. The molecule has 0 atom stereocenters. The van der Waals surface area contributed by atoms with E-state index in [2.05, 4.69) is 10.1 Å². The Hall–Kier alpha value is -1.67. The quantitative estimate of drug-likeness (QED) is 0.623. The third-order valence-corrected chi connectivity index (χ3v) is 1.76. The molecule has 0 saturated carbocycles. The van der Waals surface area contributed by atoms with E-state index in [1.165, 1.54) is 6.07 Å². The van der Waals surface area contributed by atoms with Crippen molar-refractivity contribution in [1.82, 2.24) is 4.98 Å². The number of rotatable bonds is 3. The molecule has 0 spiro atoms. The molecule has 1 heterocycles. The molecule has 1 aromatic heterocycles. The number of nitrogens with zero attached hydrogens (tertiary/aromatic N) is 1. The average molecular weight is 217 g/mol. The van der Waals surface area contributed by atoms with Crippen molar-refractivity contribution in [3.05, 3.63) is 24.0 Å². The van der Waals surface area contributed by atoms with Crippen molar-refractivity contribution in [1.29, 1.82) is 0 Å². The highest BCUT2D eigenvalue weighted by Gasteiger charge is 2.05. The van der Waals surface area contributed by atoms with E-state index in [1.807, 2.05) is 4.72 Å². The van der Waals surface area contributed by atoms with Gasteiger partial charge in [-0.05, 0) is 12.1 Å². The second-order valence-electron chi connectivity index (χ2n) is 2.38. The molecule has 0 aliphatic heterocycles. The first-order valence-corrected chi connectivity index (χ1v) is 4.93. The van der Waals surface area contributed by atoms with Crippen molar-refractivity contribution >= 4 is 21.9 Å². The first kappa shape index (κ1) is 10.4. The van der Waals surface area contributed by atoms with Crippen molar-refractivity contribution in [2.75, 3.05) is 4.72 Å². The lowest BCUT2D eigenvalue weighted by molar-refractivity contribution is 0.0690. The van der Waals surface area contributed by atoms with Crippen LogP contribution in [0.4, 0.5) is 5.69 Å². The summed E-state index contributed by atoms with van der Waals surface area (Å²) in [6.07, 6.45) is 1.06. The number of nitrogens with two attached hydrogens (primary N) is 1. The Morgan fingerprint density at radius 1 is 1.50 bits per heavy atom. The number of aromatic nitrogens is 1. The van der Waals surface area contributed by atoms with Crippen LogP contribution in [0, 0.1) is 0 Å². The van der Waals surface area contributed by atoms with Crippen LogP contribution >= 0.6 is 0 Å². The minimum atomic E-state index is -3.85. The highest BCUT2D eigenvalue weighted by Crippen LogP contribution is 2.06. The van der Waals surface area contributed by atoms with Gasteiger partial charge in [0, 0.05) is 0 Å². The van der Waals surface area contributed by atoms with Crippen LogP contribution in [-0.2, 0) is 10.2 Å². The second kappa shape index (κ2) is 3.60. The number of pyridine rings is 1. The van der Waals surface area contributed by atoms with Gasteiger partial charge in [0.05, 0.1) is 11.9 Å². The van der Waals surface area contributed by atoms with Gasteiger partial charge in [-0.25, -0.2) is 14.9 Å². The lowest BCUT2D eigenvalue weighted by Gasteiger charge is -2.01. The van der Waals surface area contributed by atoms with Crippen LogP contribution < -0.4 is 9.86 Å². The molecule has 7 nitrogen and oxygen atoms in total. The maximum Gasteiger partial charge on any atom is 0.354 e. The van der Waals surface area contributed by atoms with E-state index in [4.69, 9.17) is 5.11 Å². The summed E-state index contributed by atoms with van der Waals surface area (Å²) in [6.45, 7) is 0. The van der Waals surface area contributed by atoms with Gasteiger partial charge in [0.1, 0.15) is 5.69 Å². The minimum Gasteiger partial charge on any atom is -0.477 e. The Labute approximate surface area is 79.8 Å². The van der Waals surface area contributed by atoms with Crippen molar-refractivity contribution in [2.24, 2.45) is 5.14 Å². The molecule has 8 heteroatoms. The summed E-state index contributed by atoms with van der Waals surface area (Å²) in [5.41, 5.74) is -0.0672. The zero-order valence-electron chi connectivity index (χ0n) is 6.84. The molecule has 14 heavy (non-hydrogen) atoms. The maximum atomic E-state index is 10.5. The third-order valence-electron chi connectivity index (χ3n) is 1.24. The van der Waals surface area contributed by atoms with Crippen LogP contribution in [0.15, 0.2) is 18.3 Å². The molecule has 1 rings (SSSR count). The predicted octanol–water partition coefficient (Wildman–Crippen LogP) is -0.605. The zero-order chi connectivity index (χ0) is 10.8. The smallest absolute Gasteiger partial charge is 0.354 e. The summed E-state index contributed by atoms with van der Waals surface area (Å²) in [7, 11) is -3.85. The van der Waals surface area contributed by atoms with Gasteiger partial charge in [-0.15, -0.1) is 0 Å². The molecule has 0 aliphatic rings. The number of carbonyl (C=O) groups is 1. The summed E-state index contributed by atoms with van der Waals surface area (Å²) in [6, 6.07) is 2.41. The molecular formula is C6H7N3O4S. The zero-order valence-corrected chi connectivity index (χ0v) is 7.65. The molecule has 0 aromatic carbocycles. The number of aromatic carboxylic acids is 1. The van der Waals surface area contributed by atoms with Crippen molar-refractivity contribution in [2.45, 2.75) is 0 Å². The predicted molar refractivity (Wildman–Crippen MR) is 47.9 cm³/mol. The fourth-order valence-corrected chi connectivity index (χ4v) is 1.19. The fraction of sp³-hybridized carbons (Fsp3) is 0. The summed E-state index contributed by atoms with van der Waals surface area (Å²) in [5, 5.41) is 13.2. The van der Waals surface area contributed by atoms with Crippen LogP contribution in [0.3, 0.4) is 0 Å². The highest BCUT2D eigenvalue weighted by molar-refractivity contribution is 7.90. The van der Waals surface area contributed by atoms with E-state index < -0.39 is 16.2 Å². The lowest BCUT2D eigenvalue weighted by Crippen LogP contribution is -2.21. The monoisotopic (exact) mass is 217 g/mol. The van der Waals surface area contributed by atoms with Gasteiger partial charge >= 0.3 is 5.97 Å². The first-order valence-electron chi connectivity index (χ1n) is 3.38. The maximum absolute atomic E-state index is 10.5. The number of hydrogen-bond acceptors (Lipinski definition) is 4. The largest absolute Gasteiger partial charge is 0.477 e. The van der Waals surface area contributed by atoms with Crippen molar-refractivity contribution in [3.8, 4) is 0 Å². The van der Waals surface area contributed by atoms with Crippen molar-refractivity contribution in [3.63, 3.8) is 0 Å². The molecule has 76 valence electrons. The van der Waals surface area contributed by atoms with E-state index in [9.17, 15) is 13.2 Å². The molecule has 0 saturated heterocycles. The number of anilines is 1. The first-order chi connectivity index (χ1) is 6.38. The van der Waals surface area contributed by atoms with Gasteiger partial charge in [0.15, 0.2) is 0 Å². The number of nitrogens with one attached hydrogen (secondary N) is 1. The minimum absolute atomic E-state index is 0.109. The molecule has 4 N–H and O–H groups in total. The Balaban J connectivity index is 2.90. The SMILES string of the molecule is NS(=O)(=O)Nc1ccc(C(=O)O)nc1. The molecule has 1 aromatic rings. The summed E-state index contributed by atoms with van der Waals surface area (Å²) in [5.74, 6) is -1.19. The van der Waals surface area contributed by atoms with Crippen molar-refractivity contribution < 1.29 is 18.3 Å².